The largest absolute Gasteiger partial charge is 0.489 e. The summed E-state index contributed by atoms with van der Waals surface area (Å²) in [6.45, 7) is 0.356. The molecule has 3 aromatic carbocycles. The van der Waals surface area contributed by atoms with Crippen molar-refractivity contribution >= 4 is 22.5 Å². The number of non-ortho nitro benzene ring substituents is 1. The standard InChI is InChI=1S/C21H17N3O3S/c25-24(26)18-10-6-15(7-11-18)14-27-19-12-8-17(9-13-19)21-23-22-20(28-21)16-4-2-1-3-5-16/h1-13,21,23H,14H2/t21-/m0/s1. The summed E-state index contributed by atoms with van der Waals surface area (Å²) in [4.78, 5) is 10.3. The number of rotatable bonds is 6. The van der Waals surface area contributed by atoms with Gasteiger partial charge in [0.25, 0.3) is 5.69 Å². The van der Waals surface area contributed by atoms with Gasteiger partial charge >= 0.3 is 0 Å². The van der Waals surface area contributed by atoms with Gasteiger partial charge in [0.05, 0.1) is 4.92 Å². The third kappa shape index (κ3) is 4.15. The van der Waals surface area contributed by atoms with Gasteiger partial charge in [0.1, 0.15) is 22.8 Å². The average Bonchev–Trinajstić information content (AvgIpc) is 3.24. The van der Waals surface area contributed by atoms with Gasteiger partial charge in [0, 0.05) is 17.7 Å². The molecule has 1 N–H and O–H groups in total. The molecule has 6 nitrogen and oxygen atoms in total. The molecule has 140 valence electrons. The molecule has 1 aliphatic rings. The fourth-order valence-electron chi connectivity index (χ4n) is 2.76. The van der Waals surface area contributed by atoms with Crippen LogP contribution in [0.4, 0.5) is 5.69 Å². The topological polar surface area (TPSA) is 76.8 Å². The Morgan fingerprint density at radius 1 is 1.00 bits per heavy atom. The zero-order chi connectivity index (χ0) is 19.3. The van der Waals surface area contributed by atoms with Crippen molar-refractivity contribution in [3.63, 3.8) is 0 Å². The van der Waals surface area contributed by atoms with Crippen LogP contribution in [0.2, 0.25) is 0 Å². The maximum absolute atomic E-state index is 10.7. The van der Waals surface area contributed by atoms with Crippen molar-refractivity contribution < 1.29 is 9.66 Å². The summed E-state index contributed by atoms with van der Waals surface area (Å²) in [7, 11) is 0. The van der Waals surface area contributed by atoms with E-state index in [2.05, 4.69) is 10.5 Å². The van der Waals surface area contributed by atoms with Gasteiger partial charge in [-0.1, -0.05) is 54.2 Å². The number of thioether (sulfide) groups is 1. The van der Waals surface area contributed by atoms with E-state index >= 15 is 0 Å². The number of ether oxygens (including phenoxy) is 1. The molecule has 0 saturated heterocycles. The first-order chi connectivity index (χ1) is 13.7. The highest BCUT2D eigenvalue weighted by Crippen LogP contribution is 2.34. The van der Waals surface area contributed by atoms with Crippen LogP contribution in [0.5, 0.6) is 5.75 Å². The lowest BCUT2D eigenvalue weighted by atomic mass is 10.2. The highest BCUT2D eigenvalue weighted by Gasteiger charge is 2.21. The predicted molar refractivity (Wildman–Crippen MR) is 110 cm³/mol. The molecule has 0 fully saturated rings. The van der Waals surface area contributed by atoms with Gasteiger partial charge in [-0.25, -0.2) is 0 Å². The molecule has 0 spiro atoms. The molecule has 28 heavy (non-hydrogen) atoms. The van der Waals surface area contributed by atoms with Crippen LogP contribution in [-0.4, -0.2) is 9.97 Å². The van der Waals surface area contributed by atoms with Crippen LogP contribution in [-0.2, 0) is 6.61 Å². The Morgan fingerprint density at radius 2 is 1.71 bits per heavy atom. The first-order valence-electron chi connectivity index (χ1n) is 8.70. The van der Waals surface area contributed by atoms with E-state index in [1.165, 1.54) is 12.1 Å². The Hall–Kier alpha value is -3.32. The molecule has 0 aliphatic carbocycles. The van der Waals surface area contributed by atoms with Crippen molar-refractivity contribution in [1.82, 2.24) is 5.43 Å². The summed E-state index contributed by atoms with van der Waals surface area (Å²) in [6, 6.07) is 24.3. The van der Waals surface area contributed by atoms with E-state index in [9.17, 15) is 10.1 Å². The van der Waals surface area contributed by atoms with Gasteiger partial charge in [-0.05, 0) is 35.4 Å². The van der Waals surface area contributed by atoms with Crippen molar-refractivity contribution in [3.8, 4) is 5.75 Å². The van der Waals surface area contributed by atoms with Crippen LogP contribution in [0.1, 0.15) is 22.1 Å². The van der Waals surface area contributed by atoms with Gasteiger partial charge in [-0.2, -0.15) is 5.10 Å². The van der Waals surface area contributed by atoms with Crippen LogP contribution in [0.25, 0.3) is 0 Å². The summed E-state index contributed by atoms with van der Waals surface area (Å²) in [6.07, 6.45) is 0. The number of nitrogens with zero attached hydrogens (tertiary/aromatic N) is 2. The maximum atomic E-state index is 10.7. The molecule has 0 aromatic heterocycles. The number of benzene rings is 3. The van der Waals surface area contributed by atoms with Crippen molar-refractivity contribution in [2.45, 2.75) is 12.0 Å². The smallest absolute Gasteiger partial charge is 0.269 e. The third-order valence-corrected chi connectivity index (χ3v) is 5.43. The van der Waals surface area contributed by atoms with Crippen molar-refractivity contribution in [2.75, 3.05) is 0 Å². The fraction of sp³-hybridized carbons (Fsp3) is 0.0952. The van der Waals surface area contributed by atoms with E-state index < -0.39 is 4.92 Å². The van der Waals surface area contributed by atoms with Crippen LogP contribution >= 0.6 is 11.8 Å². The summed E-state index contributed by atoms with van der Waals surface area (Å²) < 4.78 is 5.77. The SMILES string of the molecule is O=[N+]([O-])c1ccc(COc2ccc([C@H]3NN=C(c4ccccc4)S3)cc2)cc1. The van der Waals surface area contributed by atoms with Crippen molar-refractivity contribution in [3.05, 3.63) is 106 Å². The lowest BCUT2D eigenvalue weighted by Crippen LogP contribution is -2.06. The summed E-state index contributed by atoms with van der Waals surface area (Å²) in [5.41, 5.74) is 6.34. The quantitative estimate of drug-likeness (QED) is 0.479. The molecule has 0 radical (unpaired) electrons. The van der Waals surface area contributed by atoms with Crippen LogP contribution < -0.4 is 10.2 Å². The Bertz CT molecular complexity index is 990. The first kappa shape index (κ1) is 18.1. The highest BCUT2D eigenvalue weighted by molar-refractivity contribution is 8.14. The molecule has 3 aromatic rings. The molecule has 1 atom stereocenters. The van der Waals surface area contributed by atoms with E-state index in [-0.39, 0.29) is 11.1 Å². The summed E-state index contributed by atoms with van der Waals surface area (Å²) in [5.74, 6) is 0.745. The number of hydrogen-bond acceptors (Lipinski definition) is 6. The minimum Gasteiger partial charge on any atom is -0.489 e. The fourth-order valence-corrected chi connectivity index (χ4v) is 3.76. The second-order valence-electron chi connectivity index (χ2n) is 6.19. The molecule has 1 heterocycles. The molecule has 0 bridgehead atoms. The van der Waals surface area contributed by atoms with Gasteiger partial charge in [0.15, 0.2) is 0 Å². The molecule has 7 heteroatoms. The zero-order valence-corrected chi connectivity index (χ0v) is 15.6. The third-order valence-electron chi connectivity index (χ3n) is 4.27. The van der Waals surface area contributed by atoms with E-state index in [4.69, 9.17) is 4.74 Å². The van der Waals surface area contributed by atoms with E-state index in [0.29, 0.717) is 6.61 Å². The Kier molecular flexibility index (Phi) is 5.25. The maximum Gasteiger partial charge on any atom is 0.269 e. The van der Waals surface area contributed by atoms with Crippen molar-refractivity contribution in [1.29, 1.82) is 0 Å². The second-order valence-corrected chi connectivity index (χ2v) is 7.29. The number of nitrogens with one attached hydrogen (secondary N) is 1. The monoisotopic (exact) mass is 391 g/mol. The van der Waals surface area contributed by atoms with Gasteiger partial charge in [0.2, 0.25) is 0 Å². The number of hydrazone groups is 1. The predicted octanol–water partition coefficient (Wildman–Crippen LogP) is 4.87. The molecular formula is C21H17N3O3S. The van der Waals surface area contributed by atoms with Gasteiger partial charge in [-0.15, -0.1) is 0 Å². The second kappa shape index (κ2) is 8.14. The van der Waals surface area contributed by atoms with E-state index in [1.807, 2.05) is 54.6 Å². The van der Waals surface area contributed by atoms with E-state index in [1.54, 1.807) is 23.9 Å². The highest BCUT2D eigenvalue weighted by atomic mass is 32.2. The molecule has 0 unspecified atom stereocenters. The van der Waals surface area contributed by atoms with Crippen LogP contribution in [0, 0.1) is 10.1 Å². The summed E-state index contributed by atoms with van der Waals surface area (Å²) in [5, 5.41) is 16.2. The lowest BCUT2D eigenvalue weighted by molar-refractivity contribution is -0.384. The van der Waals surface area contributed by atoms with E-state index in [0.717, 1.165) is 27.5 Å². The van der Waals surface area contributed by atoms with Gasteiger partial charge < -0.3 is 4.74 Å². The molecule has 0 saturated carbocycles. The average molecular weight is 391 g/mol. The van der Waals surface area contributed by atoms with Crippen LogP contribution in [0.3, 0.4) is 0 Å². The molecule has 0 amide bonds. The van der Waals surface area contributed by atoms with Gasteiger partial charge in [-0.3, -0.25) is 15.5 Å². The number of nitro groups is 1. The first-order valence-corrected chi connectivity index (χ1v) is 9.58. The zero-order valence-electron chi connectivity index (χ0n) is 14.8. The minimum atomic E-state index is -0.411. The summed E-state index contributed by atoms with van der Waals surface area (Å²) >= 11 is 1.68. The number of nitro benzene ring substituents is 1. The Labute approximate surface area is 166 Å². The normalized spacial score (nSPS) is 15.6. The van der Waals surface area contributed by atoms with Crippen molar-refractivity contribution in [2.24, 2.45) is 5.10 Å². The molecule has 1 aliphatic heterocycles. The lowest BCUT2D eigenvalue weighted by Gasteiger charge is -2.11. The number of hydrogen-bond donors (Lipinski definition) is 1. The minimum absolute atomic E-state index is 0.0685. The Morgan fingerprint density at radius 3 is 2.39 bits per heavy atom. The molecular weight excluding hydrogens is 374 g/mol. The van der Waals surface area contributed by atoms with Crippen LogP contribution in [0.15, 0.2) is 84.0 Å². The Balaban J connectivity index is 1.34. The molecule has 4 rings (SSSR count).